The Kier molecular flexibility index (Phi) is 8.09. The molecule has 23 heavy (non-hydrogen) atoms. The van der Waals surface area contributed by atoms with E-state index in [0.717, 1.165) is 50.4 Å². The molecule has 0 aliphatic rings. The van der Waals surface area contributed by atoms with Crippen molar-refractivity contribution >= 4 is 5.96 Å². The number of nitrogens with zero attached hydrogens (tertiary/aromatic N) is 4. The van der Waals surface area contributed by atoms with E-state index in [1.54, 1.807) is 0 Å². The molecular weight excluding hydrogens is 290 g/mol. The van der Waals surface area contributed by atoms with E-state index in [4.69, 9.17) is 4.99 Å². The summed E-state index contributed by atoms with van der Waals surface area (Å²) < 4.78 is 1.81. The predicted octanol–water partition coefficient (Wildman–Crippen LogP) is 2.01. The van der Waals surface area contributed by atoms with Crippen molar-refractivity contribution < 1.29 is 5.11 Å². The maximum absolute atomic E-state index is 9.36. The van der Waals surface area contributed by atoms with E-state index in [1.807, 2.05) is 31.2 Å². The minimum absolute atomic E-state index is 0.0879. The zero-order valence-corrected chi connectivity index (χ0v) is 15.3. The number of aliphatic hydroxyl groups is 1. The summed E-state index contributed by atoms with van der Waals surface area (Å²) in [5, 5.41) is 16.9. The summed E-state index contributed by atoms with van der Waals surface area (Å²) in [6.45, 7) is 9.00. The summed E-state index contributed by atoms with van der Waals surface area (Å²) in [6.07, 6.45) is 6.76. The van der Waals surface area contributed by atoms with Crippen LogP contribution in [0.15, 0.2) is 17.4 Å². The van der Waals surface area contributed by atoms with Gasteiger partial charge in [0, 0.05) is 52.1 Å². The number of guanidine groups is 1. The minimum atomic E-state index is 0.0879. The molecule has 1 aromatic rings. The number of nitrogens with one attached hydrogen (secondary N) is 1. The molecule has 0 aromatic carbocycles. The summed E-state index contributed by atoms with van der Waals surface area (Å²) in [6, 6.07) is 0. The molecule has 0 unspecified atom stereocenters. The Morgan fingerprint density at radius 2 is 2.09 bits per heavy atom. The van der Waals surface area contributed by atoms with Crippen molar-refractivity contribution in [3.8, 4) is 0 Å². The highest BCUT2D eigenvalue weighted by atomic mass is 16.3. The SMILES string of the molecule is CCNC(=NCC(CC)(CC)CCO)N(C)Cc1cnn(C)c1. The second kappa shape index (κ2) is 9.55. The molecule has 0 saturated heterocycles. The largest absolute Gasteiger partial charge is 0.396 e. The highest BCUT2D eigenvalue weighted by Gasteiger charge is 2.25. The van der Waals surface area contributed by atoms with Gasteiger partial charge in [-0.05, 0) is 31.6 Å². The number of aryl methyl sites for hydroxylation is 1. The molecule has 1 rings (SSSR count). The lowest BCUT2D eigenvalue weighted by Crippen LogP contribution is -2.39. The van der Waals surface area contributed by atoms with Crippen LogP contribution in [-0.4, -0.2) is 52.5 Å². The third-order valence-corrected chi connectivity index (χ3v) is 4.58. The summed E-state index contributed by atoms with van der Waals surface area (Å²) in [5.41, 5.74) is 1.25. The Balaban J connectivity index is 2.81. The van der Waals surface area contributed by atoms with Crippen molar-refractivity contribution in [2.24, 2.45) is 17.5 Å². The predicted molar refractivity (Wildman–Crippen MR) is 95.4 cm³/mol. The lowest BCUT2D eigenvalue weighted by atomic mass is 9.79. The molecule has 0 aliphatic heterocycles. The van der Waals surface area contributed by atoms with Gasteiger partial charge in [0.15, 0.2) is 5.96 Å². The van der Waals surface area contributed by atoms with Gasteiger partial charge in [0.05, 0.1) is 6.20 Å². The lowest BCUT2D eigenvalue weighted by Gasteiger charge is -2.30. The van der Waals surface area contributed by atoms with Gasteiger partial charge in [-0.25, -0.2) is 0 Å². The molecule has 1 aromatic heterocycles. The van der Waals surface area contributed by atoms with Crippen molar-refractivity contribution in [1.29, 1.82) is 0 Å². The molecule has 0 saturated carbocycles. The van der Waals surface area contributed by atoms with Crippen molar-refractivity contribution in [3.05, 3.63) is 18.0 Å². The highest BCUT2D eigenvalue weighted by Crippen LogP contribution is 2.30. The van der Waals surface area contributed by atoms with Crippen LogP contribution in [-0.2, 0) is 13.6 Å². The fourth-order valence-corrected chi connectivity index (χ4v) is 2.76. The van der Waals surface area contributed by atoms with Crippen LogP contribution in [0.25, 0.3) is 0 Å². The second-order valence-corrected chi connectivity index (χ2v) is 6.23. The second-order valence-electron chi connectivity index (χ2n) is 6.23. The van der Waals surface area contributed by atoms with Crippen LogP contribution < -0.4 is 5.32 Å². The Hall–Kier alpha value is -1.56. The van der Waals surface area contributed by atoms with Crippen molar-refractivity contribution in [2.45, 2.75) is 46.6 Å². The fourth-order valence-electron chi connectivity index (χ4n) is 2.76. The van der Waals surface area contributed by atoms with Crippen LogP contribution in [0, 0.1) is 5.41 Å². The first-order chi connectivity index (χ1) is 11.0. The molecule has 0 aliphatic carbocycles. The molecule has 6 heteroatoms. The van der Waals surface area contributed by atoms with Gasteiger partial charge in [-0.15, -0.1) is 0 Å². The Morgan fingerprint density at radius 1 is 1.39 bits per heavy atom. The van der Waals surface area contributed by atoms with E-state index < -0.39 is 0 Å². The Bertz CT molecular complexity index is 479. The molecule has 0 bridgehead atoms. The normalized spacial score (nSPS) is 12.5. The molecule has 2 N–H and O–H groups in total. The van der Waals surface area contributed by atoms with Crippen molar-refractivity contribution in [2.75, 3.05) is 26.7 Å². The van der Waals surface area contributed by atoms with E-state index in [0.29, 0.717) is 0 Å². The third-order valence-electron chi connectivity index (χ3n) is 4.58. The van der Waals surface area contributed by atoms with Gasteiger partial charge in [-0.3, -0.25) is 9.67 Å². The zero-order chi connectivity index (χ0) is 17.3. The number of aliphatic hydroxyl groups excluding tert-OH is 1. The van der Waals surface area contributed by atoms with E-state index in [2.05, 4.69) is 36.1 Å². The molecular formula is C17H33N5O. The van der Waals surface area contributed by atoms with Crippen molar-refractivity contribution in [1.82, 2.24) is 20.0 Å². The maximum atomic E-state index is 9.36. The highest BCUT2D eigenvalue weighted by molar-refractivity contribution is 5.79. The monoisotopic (exact) mass is 323 g/mol. The molecule has 0 amide bonds. The van der Waals surface area contributed by atoms with Gasteiger partial charge in [-0.2, -0.15) is 5.10 Å². The van der Waals surface area contributed by atoms with Gasteiger partial charge in [0.2, 0.25) is 0 Å². The van der Waals surface area contributed by atoms with Crippen LogP contribution in [0.3, 0.4) is 0 Å². The van der Waals surface area contributed by atoms with E-state index in [9.17, 15) is 5.11 Å². The standard InChI is InChI=1S/C17H33N5O/c1-6-17(7-2,9-10-23)14-19-16(18-8-3)21(4)12-15-11-20-22(5)13-15/h11,13,23H,6-10,12,14H2,1-5H3,(H,18,19). The number of rotatable bonds is 9. The van der Waals surface area contributed by atoms with Crippen LogP contribution in [0.2, 0.25) is 0 Å². The molecule has 0 radical (unpaired) electrons. The van der Waals surface area contributed by atoms with E-state index in [1.165, 1.54) is 0 Å². The van der Waals surface area contributed by atoms with Gasteiger partial charge in [0.1, 0.15) is 0 Å². The fraction of sp³-hybridized carbons (Fsp3) is 0.765. The first-order valence-corrected chi connectivity index (χ1v) is 8.58. The lowest BCUT2D eigenvalue weighted by molar-refractivity contribution is 0.175. The average Bonchev–Trinajstić information content (AvgIpc) is 2.95. The van der Waals surface area contributed by atoms with Gasteiger partial charge in [-0.1, -0.05) is 13.8 Å². The molecule has 0 spiro atoms. The van der Waals surface area contributed by atoms with Crippen LogP contribution >= 0.6 is 0 Å². The van der Waals surface area contributed by atoms with Gasteiger partial charge < -0.3 is 15.3 Å². The maximum Gasteiger partial charge on any atom is 0.193 e. The Labute approximate surface area is 140 Å². The topological polar surface area (TPSA) is 65.7 Å². The van der Waals surface area contributed by atoms with Gasteiger partial charge in [0.25, 0.3) is 0 Å². The number of hydrogen-bond acceptors (Lipinski definition) is 3. The van der Waals surface area contributed by atoms with Crippen LogP contribution in [0.5, 0.6) is 0 Å². The quantitative estimate of drug-likeness (QED) is 0.539. The summed E-state index contributed by atoms with van der Waals surface area (Å²) in [5.74, 6) is 0.903. The van der Waals surface area contributed by atoms with Gasteiger partial charge >= 0.3 is 0 Å². The summed E-state index contributed by atoms with van der Waals surface area (Å²) in [4.78, 5) is 6.96. The molecule has 132 valence electrons. The summed E-state index contributed by atoms with van der Waals surface area (Å²) >= 11 is 0. The number of aromatic nitrogens is 2. The molecule has 6 nitrogen and oxygen atoms in total. The van der Waals surface area contributed by atoms with Crippen LogP contribution in [0.1, 0.15) is 45.6 Å². The van der Waals surface area contributed by atoms with Crippen molar-refractivity contribution in [3.63, 3.8) is 0 Å². The summed E-state index contributed by atoms with van der Waals surface area (Å²) in [7, 11) is 3.97. The Morgan fingerprint density at radius 3 is 2.57 bits per heavy atom. The van der Waals surface area contributed by atoms with E-state index in [-0.39, 0.29) is 12.0 Å². The zero-order valence-electron chi connectivity index (χ0n) is 15.3. The average molecular weight is 323 g/mol. The first kappa shape index (κ1) is 19.5. The third kappa shape index (κ3) is 5.86. The van der Waals surface area contributed by atoms with E-state index >= 15 is 0 Å². The number of hydrogen-bond donors (Lipinski definition) is 2. The number of aliphatic imine (C=N–C) groups is 1. The van der Waals surface area contributed by atoms with Crippen LogP contribution in [0.4, 0.5) is 0 Å². The molecule has 0 atom stereocenters. The first-order valence-electron chi connectivity index (χ1n) is 8.58. The molecule has 0 fully saturated rings. The minimum Gasteiger partial charge on any atom is -0.396 e. The molecule has 1 heterocycles. The smallest absolute Gasteiger partial charge is 0.193 e.